The van der Waals surface area contributed by atoms with Gasteiger partial charge in [-0.05, 0) is 24.6 Å². The van der Waals surface area contributed by atoms with Crippen LogP contribution in [0, 0.1) is 5.82 Å². The Morgan fingerprint density at radius 3 is 2.89 bits per heavy atom. The number of hydrogen-bond acceptors (Lipinski definition) is 5. The molecule has 3 heterocycles. The zero-order chi connectivity index (χ0) is 19.5. The van der Waals surface area contributed by atoms with Crippen molar-refractivity contribution in [2.45, 2.75) is 18.9 Å². The summed E-state index contributed by atoms with van der Waals surface area (Å²) >= 11 is 0. The molecule has 2 aromatic heterocycles. The molecule has 1 fully saturated rings. The summed E-state index contributed by atoms with van der Waals surface area (Å²) in [5.74, 6) is -0.338. The molecule has 4 rings (SSSR count). The van der Waals surface area contributed by atoms with E-state index in [1.165, 1.54) is 10.6 Å². The molecule has 3 aromatic rings. The third kappa shape index (κ3) is 3.75. The number of nitrogens with zero attached hydrogens (tertiary/aromatic N) is 3. The molecule has 1 aliphatic heterocycles. The number of piperidine rings is 1. The number of benzene rings is 1. The fourth-order valence-corrected chi connectivity index (χ4v) is 3.17. The van der Waals surface area contributed by atoms with Gasteiger partial charge < -0.3 is 10.6 Å². The Bertz CT molecular complexity index is 1080. The van der Waals surface area contributed by atoms with Crippen LogP contribution >= 0.6 is 0 Å². The van der Waals surface area contributed by atoms with Crippen molar-refractivity contribution in [1.82, 2.24) is 19.9 Å². The largest absolute Gasteiger partial charge is 0.356 e. The Balaban J connectivity index is 1.66. The molecule has 1 aromatic carbocycles. The number of anilines is 1. The van der Waals surface area contributed by atoms with Crippen LogP contribution in [-0.4, -0.2) is 33.0 Å². The van der Waals surface area contributed by atoms with Crippen molar-refractivity contribution in [2.24, 2.45) is 0 Å². The normalized spacial score (nSPS) is 16.5. The second-order valence-electron chi connectivity index (χ2n) is 6.53. The minimum Gasteiger partial charge on any atom is -0.356 e. The van der Waals surface area contributed by atoms with Crippen LogP contribution in [-0.2, 0) is 4.79 Å². The average molecular weight is 379 g/mol. The fourth-order valence-electron chi connectivity index (χ4n) is 3.17. The van der Waals surface area contributed by atoms with Gasteiger partial charge in [0, 0.05) is 42.5 Å². The van der Waals surface area contributed by atoms with E-state index in [9.17, 15) is 14.0 Å². The van der Waals surface area contributed by atoms with Crippen LogP contribution in [0.2, 0.25) is 0 Å². The highest BCUT2D eigenvalue weighted by molar-refractivity contribution is 5.77. The van der Waals surface area contributed by atoms with Gasteiger partial charge in [-0.3, -0.25) is 14.2 Å². The molecule has 1 saturated heterocycles. The van der Waals surface area contributed by atoms with E-state index in [4.69, 9.17) is 0 Å². The van der Waals surface area contributed by atoms with E-state index in [0.29, 0.717) is 24.2 Å². The summed E-state index contributed by atoms with van der Waals surface area (Å²) in [7, 11) is 0. The molecule has 142 valence electrons. The van der Waals surface area contributed by atoms with E-state index in [1.807, 2.05) is 0 Å². The van der Waals surface area contributed by atoms with E-state index >= 15 is 0 Å². The van der Waals surface area contributed by atoms with Gasteiger partial charge in [0.15, 0.2) is 5.82 Å². The van der Waals surface area contributed by atoms with Gasteiger partial charge >= 0.3 is 0 Å². The van der Waals surface area contributed by atoms with Gasteiger partial charge in [-0.25, -0.2) is 14.4 Å². The van der Waals surface area contributed by atoms with E-state index in [2.05, 4.69) is 20.6 Å². The number of rotatable bonds is 4. The minimum absolute atomic E-state index is 0.0351. The number of aromatic nitrogens is 3. The van der Waals surface area contributed by atoms with Crippen molar-refractivity contribution < 1.29 is 9.18 Å². The van der Waals surface area contributed by atoms with Gasteiger partial charge in [0.25, 0.3) is 5.56 Å². The summed E-state index contributed by atoms with van der Waals surface area (Å²) in [6.07, 6.45) is 3.82. The quantitative estimate of drug-likeness (QED) is 0.725. The van der Waals surface area contributed by atoms with Crippen LogP contribution in [0.15, 0.2) is 59.7 Å². The molecule has 0 saturated carbocycles. The summed E-state index contributed by atoms with van der Waals surface area (Å²) in [6, 6.07) is 11.7. The molecule has 0 spiro atoms. The molecule has 8 heteroatoms. The highest BCUT2D eigenvalue weighted by atomic mass is 19.1. The van der Waals surface area contributed by atoms with Crippen LogP contribution in [0.5, 0.6) is 0 Å². The molecule has 1 amide bonds. The lowest BCUT2D eigenvalue weighted by Crippen LogP contribution is -2.40. The van der Waals surface area contributed by atoms with Gasteiger partial charge in [-0.1, -0.05) is 18.2 Å². The van der Waals surface area contributed by atoms with Gasteiger partial charge in [-0.2, -0.15) is 0 Å². The van der Waals surface area contributed by atoms with E-state index in [0.717, 1.165) is 12.6 Å². The topological polar surface area (TPSA) is 88.9 Å². The van der Waals surface area contributed by atoms with Crippen molar-refractivity contribution in [3.05, 3.63) is 71.0 Å². The highest BCUT2D eigenvalue weighted by Gasteiger charge is 2.20. The van der Waals surface area contributed by atoms with Crippen LogP contribution < -0.4 is 16.2 Å². The third-order valence-electron chi connectivity index (χ3n) is 4.54. The summed E-state index contributed by atoms with van der Waals surface area (Å²) < 4.78 is 15.9. The lowest BCUT2D eigenvalue weighted by Gasteiger charge is -2.23. The van der Waals surface area contributed by atoms with E-state index in [-0.39, 0.29) is 29.2 Å². The lowest BCUT2D eigenvalue weighted by atomic mass is 10.1. The number of hydrogen-bond donors (Lipinski definition) is 2. The van der Waals surface area contributed by atoms with Gasteiger partial charge in [0.1, 0.15) is 5.69 Å². The first kappa shape index (κ1) is 17.8. The summed E-state index contributed by atoms with van der Waals surface area (Å²) in [4.78, 5) is 31.9. The van der Waals surface area contributed by atoms with Crippen molar-refractivity contribution in [1.29, 1.82) is 0 Å². The Labute approximate surface area is 160 Å². The molecule has 1 aliphatic rings. The molecular weight excluding hydrogens is 361 g/mol. The maximum absolute atomic E-state index is 14.4. The van der Waals surface area contributed by atoms with Gasteiger partial charge in [-0.15, -0.1) is 0 Å². The molecule has 7 nitrogen and oxygen atoms in total. The van der Waals surface area contributed by atoms with E-state index in [1.54, 1.807) is 42.6 Å². The summed E-state index contributed by atoms with van der Waals surface area (Å²) in [5, 5.41) is 5.86. The third-order valence-corrected chi connectivity index (χ3v) is 4.54. The van der Waals surface area contributed by atoms with Crippen molar-refractivity contribution in [3.8, 4) is 16.9 Å². The number of carbonyl (C=O) groups excluding carboxylic acids is 1. The predicted octanol–water partition coefficient (Wildman–Crippen LogP) is 2.12. The lowest BCUT2D eigenvalue weighted by molar-refractivity contribution is -0.122. The predicted molar refractivity (Wildman–Crippen MR) is 103 cm³/mol. The van der Waals surface area contributed by atoms with E-state index < -0.39 is 5.82 Å². The second-order valence-corrected chi connectivity index (χ2v) is 6.53. The Hall–Kier alpha value is -3.55. The summed E-state index contributed by atoms with van der Waals surface area (Å²) in [5.41, 5.74) is 1.08. The number of pyridine rings is 1. The standard InChI is InChI=1S/C20H18FN5O2/c21-16-12-23-20(24-14-7-8-22-17(27)11-14)25-19(16)13-4-3-5-15(10-13)26-9-2-1-6-18(26)28/h1-6,9-10,12,14H,7-8,11H2,(H,22,27)(H,23,24,25). The molecule has 0 aliphatic carbocycles. The first-order valence-corrected chi connectivity index (χ1v) is 8.94. The number of nitrogens with one attached hydrogen (secondary N) is 2. The average Bonchev–Trinajstić information content (AvgIpc) is 2.70. The monoisotopic (exact) mass is 379 g/mol. The molecule has 28 heavy (non-hydrogen) atoms. The summed E-state index contributed by atoms with van der Waals surface area (Å²) in [6.45, 7) is 0.582. The van der Waals surface area contributed by atoms with Crippen molar-refractivity contribution in [2.75, 3.05) is 11.9 Å². The Morgan fingerprint density at radius 2 is 2.07 bits per heavy atom. The molecule has 0 bridgehead atoms. The Morgan fingerprint density at radius 1 is 1.18 bits per heavy atom. The van der Waals surface area contributed by atoms with Crippen LogP contribution in [0.3, 0.4) is 0 Å². The van der Waals surface area contributed by atoms with Crippen LogP contribution in [0.1, 0.15) is 12.8 Å². The highest BCUT2D eigenvalue weighted by Crippen LogP contribution is 2.24. The number of amides is 1. The van der Waals surface area contributed by atoms with Crippen LogP contribution in [0.4, 0.5) is 10.3 Å². The Kier molecular flexibility index (Phi) is 4.84. The maximum Gasteiger partial charge on any atom is 0.255 e. The second kappa shape index (κ2) is 7.59. The minimum atomic E-state index is -0.565. The zero-order valence-electron chi connectivity index (χ0n) is 14.9. The first-order chi connectivity index (χ1) is 13.6. The van der Waals surface area contributed by atoms with Crippen molar-refractivity contribution >= 4 is 11.9 Å². The molecule has 2 N–H and O–H groups in total. The van der Waals surface area contributed by atoms with Gasteiger partial charge in [0.2, 0.25) is 11.9 Å². The van der Waals surface area contributed by atoms with Crippen LogP contribution in [0.25, 0.3) is 16.9 Å². The van der Waals surface area contributed by atoms with Crippen molar-refractivity contribution in [3.63, 3.8) is 0 Å². The smallest absolute Gasteiger partial charge is 0.255 e. The SMILES string of the molecule is O=C1CC(Nc2ncc(F)c(-c3cccc(-n4ccccc4=O)c3)n2)CCN1. The van der Waals surface area contributed by atoms with Gasteiger partial charge in [0.05, 0.1) is 6.20 Å². The maximum atomic E-state index is 14.4. The number of carbonyl (C=O) groups is 1. The first-order valence-electron chi connectivity index (χ1n) is 8.94. The molecule has 1 atom stereocenters. The molecule has 1 unspecified atom stereocenters. The molecular formula is C20H18FN5O2. The fraction of sp³-hybridized carbons (Fsp3) is 0.200. The number of halogens is 1. The molecule has 0 radical (unpaired) electrons. The zero-order valence-corrected chi connectivity index (χ0v) is 14.9.